The van der Waals surface area contributed by atoms with E-state index in [9.17, 15) is 0 Å². The lowest BCUT2D eigenvalue weighted by Gasteiger charge is -2.12. The van der Waals surface area contributed by atoms with Gasteiger partial charge >= 0.3 is 0 Å². The Kier molecular flexibility index (Phi) is 6.93. The van der Waals surface area contributed by atoms with Crippen LogP contribution in [0.3, 0.4) is 0 Å². The molecule has 0 unspecified atom stereocenters. The predicted octanol–water partition coefficient (Wildman–Crippen LogP) is 3.04. The van der Waals surface area contributed by atoms with Gasteiger partial charge in [-0.05, 0) is 36.6 Å². The van der Waals surface area contributed by atoms with E-state index in [1.807, 2.05) is 12.1 Å². The first-order chi connectivity index (χ1) is 13.3. The maximum atomic E-state index is 5.37. The predicted molar refractivity (Wildman–Crippen MR) is 109 cm³/mol. The van der Waals surface area contributed by atoms with Gasteiger partial charge in [-0.2, -0.15) is 0 Å². The standard InChI is InChI=1S/C21H28N4O2/c1-16-5-3-7-19-17(15-25-20(16)19)8-10-22-21(24-12-14-26-2)23-11-9-18-6-4-13-27-18/h3-7,13,15,25H,8-12,14H2,1-2H3,(H2,22,23,24). The Morgan fingerprint density at radius 1 is 1.15 bits per heavy atom. The van der Waals surface area contributed by atoms with Crippen molar-refractivity contribution in [2.24, 2.45) is 4.99 Å². The van der Waals surface area contributed by atoms with Crippen LogP contribution in [0.15, 0.2) is 52.2 Å². The molecular formula is C21H28N4O2. The third kappa shape index (κ3) is 5.37. The number of benzene rings is 1. The Labute approximate surface area is 160 Å². The van der Waals surface area contributed by atoms with E-state index >= 15 is 0 Å². The minimum Gasteiger partial charge on any atom is -0.469 e. The van der Waals surface area contributed by atoms with Crippen molar-refractivity contribution in [1.29, 1.82) is 0 Å². The van der Waals surface area contributed by atoms with Crippen LogP contribution in [0.2, 0.25) is 0 Å². The number of methoxy groups -OCH3 is 1. The molecule has 27 heavy (non-hydrogen) atoms. The minimum atomic E-state index is 0.604. The van der Waals surface area contributed by atoms with Gasteiger partial charge in [0.05, 0.1) is 19.4 Å². The molecule has 0 saturated heterocycles. The van der Waals surface area contributed by atoms with Crippen molar-refractivity contribution < 1.29 is 9.15 Å². The molecule has 3 rings (SSSR count). The second-order valence-corrected chi connectivity index (χ2v) is 6.47. The summed E-state index contributed by atoms with van der Waals surface area (Å²) in [5.41, 5.74) is 3.80. The van der Waals surface area contributed by atoms with E-state index in [2.05, 4.69) is 51.9 Å². The number of para-hydroxylation sites is 1. The largest absolute Gasteiger partial charge is 0.469 e. The smallest absolute Gasteiger partial charge is 0.191 e. The maximum Gasteiger partial charge on any atom is 0.191 e. The number of fused-ring (bicyclic) bond motifs is 1. The van der Waals surface area contributed by atoms with Crippen molar-refractivity contribution in [1.82, 2.24) is 15.6 Å². The van der Waals surface area contributed by atoms with Crippen LogP contribution in [0.25, 0.3) is 10.9 Å². The molecule has 0 saturated carbocycles. The zero-order chi connectivity index (χ0) is 18.9. The third-order valence-corrected chi connectivity index (χ3v) is 4.51. The van der Waals surface area contributed by atoms with Crippen LogP contribution in [0.4, 0.5) is 0 Å². The monoisotopic (exact) mass is 368 g/mol. The summed E-state index contributed by atoms with van der Waals surface area (Å²) in [6, 6.07) is 10.3. The summed E-state index contributed by atoms with van der Waals surface area (Å²) < 4.78 is 10.5. The summed E-state index contributed by atoms with van der Waals surface area (Å²) in [7, 11) is 1.69. The molecule has 3 aromatic rings. The molecule has 0 amide bonds. The second kappa shape index (κ2) is 9.83. The number of ether oxygens (including phenoxy) is 1. The molecule has 0 atom stereocenters. The van der Waals surface area contributed by atoms with Crippen molar-refractivity contribution in [3.05, 3.63) is 59.7 Å². The number of aromatic amines is 1. The molecule has 0 bridgehead atoms. The Morgan fingerprint density at radius 2 is 2.00 bits per heavy atom. The molecule has 0 spiro atoms. The molecule has 6 nitrogen and oxygen atoms in total. The van der Waals surface area contributed by atoms with Gasteiger partial charge in [-0.25, -0.2) is 0 Å². The van der Waals surface area contributed by atoms with E-state index < -0.39 is 0 Å². The van der Waals surface area contributed by atoms with Gasteiger partial charge < -0.3 is 24.8 Å². The average molecular weight is 368 g/mol. The number of H-pyrrole nitrogens is 1. The first-order valence-electron chi connectivity index (χ1n) is 9.37. The first-order valence-corrected chi connectivity index (χ1v) is 9.37. The zero-order valence-electron chi connectivity index (χ0n) is 16.0. The highest BCUT2D eigenvalue weighted by molar-refractivity contribution is 5.86. The molecule has 6 heteroatoms. The van der Waals surface area contributed by atoms with Crippen LogP contribution in [-0.4, -0.2) is 44.3 Å². The van der Waals surface area contributed by atoms with Crippen LogP contribution >= 0.6 is 0 Å². The summed E-state index contributed by atoms with van der Waals surface area (Å²) in [5, 5.41) is 8.07. The molecule has 144 valence electrons. The highest BCUT2D eigenvalue weighted by atomic mass is 16.5. The number of guanidine groups is 1. The van der Waals surface area contributed by atoms with E-state index in [1.54, 1.807) is 13.4 Å². The third-order valence-electron chi connectivity index (χ3n) is 4.51. The number of nitrogens with one attached hydrogen (secondary N) is 3. The lowest BCUT2D eigenvalue weighted by Crippen LogP contribution is -2.39. The summed E-state index contributed by atoms with van der Waals surface area (Å²) >= 11 is 0. The molecule has 0 radical (unpaired) electrons. The van der Waals surface area contributed by atoms with Crippen LogP contribution < -0.4 is 10.6 Å². The molecule has 1 aromatic carbocycles. The van der Waals surface area contributed by atoms with E-state index in [4.69, 9.17) is 9.15 Å². The maximum absolute atomic E-state index is 5.37. The quantitative estimate of drug-likeness (QED) is 0.308. The van der Waals surface area contributed by atoms with Gasteiger partial charge in [0, 0.05) is 43.7 Å². The topological polar surface area (TPSA) is 74.6 Å². The molecule has 2 aromatic heterocycles. The number of aromatic nitrogens is 1. The fraction of sp³-hybridized carbons (Fsp3) is 0.381. The highest BCUT2D eigenvalue weighted by Crippen LogP contribution is 2.21. The highest BCUT2D eigenvalue weighted by Gasteiger charge is 2.06. The van der Waals surface area contributed by atoms with Gasteiger partial charge in [-0.3, -0.25) is 4.99 Å². The van der Waals surface area contributed by atoms with Crippen molar-refractivity contribution in [3.63, 3.8) is 0 Å². The van der Waals surface area contributed by atoms with E-state index in [0.29, 0.717) is 13.2 Å². The van der Waals surface area contributed by atoms with Crippen LogP contribution in [0, 0.1) is 6.92 Å². The normalized spacial score (nSPS) is 11.9. The number of aryl methyl sites for hydroxylation is 1. The molecular weight excluding hydrogens is 340 g/mol. The van der Waals surface area contributed by atoms with Gasteiger partial charge in [0.25, 0.3) is 0 Å². The summed E-state index contributed by atoms with van der Waals surface area (Å²) in [4.78, 5) is 7.94. The van der Waals surface area contributed by atoms with Crippen LogP contribution in [-0.2, 0) is 17.6 Å². The fourth-order valence-corrected chi connectivity index (χ4v) is 3.07. The van der Waals surface area contributed by atoms with Crippen molar-refractivity contribution in [3.8, 4) is 0 Å². The number of aliphatic imine (C=N–C) groups is 1. The SMILES string of the molecule is COCCN=C(NCCc1ccco1)NCCc1c[nH]c2c(C)cccc12. The summed E-state index contributed by atoms with van der Waals surface area (Å²) in [5.74, 6) is 1.77. The molecule has 0 aliphatic rings. The van der Waals surface area contributed by atoms with Gasteiger partial charge in [0.2, 0.25) is 0 Å². The summed E-state index contributed by atoms with van der Waals surface area (Å²) in [6.07, 6.45) is 5.54. The molecule has 0 aliphatic carbocycles. The van der Waals surface area contributed by atoms with Gasteiger partial charge in [0.1, 0.15) is 5.76 Å². The van der Waals surface area contributed by atoms with Crippen LogP contribution in [0.1, 0.15) is 16.9 Å². The lowest BCUT2D eigenvalue weighted by atomic mass is 10.1. The Hall–Kier alpha value is -2.73. The van der Waals surface area contributed by atoms with E-state index in [0.717, 1.165) is 37.7 Å². The molecule has 3 N–H and O–H groups in total. The van der Waals surface area contributed by atoms with Gasteiger partial charge in [0.15, 0.2) is 5.96 Å². The Balaban J connectivity index is 1.53. The average Bonchev–Trinajstić information content (AvgIpc) is 3.32. The number of rotatable bonds is 9. The molecule has 2 heterocycles. The van der Waals surface area contributed by atoms with Gasteiger partial charge in [-0.15, -0.1) is 0 Å². The number of nitrogens with zero attached hydrogens (tertiary/aromatic N) is 1. The van der Waals surface area contributed by atoms with Crippen molar-refractivity contribution >= 4 is 16.9 Å². The number of hydrogen-bond acceptors (Lipinski definition) is 3. The Morgan fingerprint density at radius 3 is 2.78 bits per heavy atom. The number of hydrogen-bond donors (Lipinski definition) is 3. The first kappa shape index (κ1) is 19.0. The van der Waals surface area contributed by atoms with Crippen molar-refractivity contribution in [2.75, 3.05) is 33.4 Å². The van der Waals surface area contributed by atoms with Crippen LogP contribution in [0.5, 0.6) is 0 Å². The number of furan rings is 1. The van der Waals surface area contributed by atoms with E-state index in [1.165, 1.54) is 22.0 Å². The zero-order valence-corrected chi connectivity index (χ0v) is 16.0. The Bertz CT molecular complexity index is 852. The molecule has 0 aliphatic heterocycles. The fourth-order valence-electron chi connectivity index (χ4n) is 3.07. The minimum absolute atomic E-state index is 0.604. The molecule has 0 fully saturated rings. The van der Waals surface area contributed by atoms with E-state index in [-0.39, 0.29) is 0 Å². The second-order valence-electron chi connectivity index (χ2n) is 6.47. The lowest BCUT2D eigenvalue weighted by molar-refractivity contribution is 0.208. The summed E-state index contributed by atoms with van der Waals surface area (Å²) in [6.45, 7) is 4.93. The van der Waals surface area contributed by atoms with Gasteiger partial charge in [-0.1, -0.05) is 18.2 Å². The van der Waals surface area contributed by atoms with Crippen molar-refractivity contribution in [2.45, 2.75) is 19.8 Å².